The predicted octanol–water partition coefficient (Wildman–Crippen LogP) is 3.77. The van der Waals surface area contributed by atoms with E-state index in [4.69, 9.17) is 0 Å². The molecule has 0 nitrogen and oxygen atoms in total. The molecule has 0 aromatic carbocycles. The predicted molar refractivity (Wildman–Crippen MR) is 62.0 cm³/mol. The summed E-state index contributed by atoms with van der Waals surface area (Å²) in [4.78, 5) is 0. The van der Waals surface area contributed by atoms with Gasteiger partial charge in [0.25, 0.3) is 0 Å². The van der Waals surface area contributed by atoms with Crippen LogP contribution in [0.4, 0.5) is 0 Å². The Labute approximate surface area is 101 Å². The van der Waals surface area contributed by atoms with Crippen molar-refractivity contribution in [1.29, 1.82) is 0 Å². The summed E-state index contributed by atoms with van der Waals surface area (Å²) in [6, 6.07) is 0. The summed E-state index contributed by atoms with van der Waals surface area (Å²) in [6.07, 6.45) is 3.13. The highest BCUT2D eigenvalue weighted by Gasteiger charge is 2.75. The molecule has 0 amide bonds. The first kappa shape index (κ1) is 7.89. The zero-order valence-electron chi connectivity index (χ0n) is 7.79. The first-order valence-corrected chi connectivity index (χ1v) is 7.42. The van der Waals surface area contributed by atoms with Crippen LogP contribution >= 0.6 is 31.9 Å². The van der Waals surface area contributed by atoms with Crippen LogP contribution in [-0.4, -0.2) is 0 Å². The van der Waals surface area contributed by atoms with Crippen molar-refractivity contribution in [1.82, 2.24) is 0 Å². The molecule has 0 aromatic heterocycles. The summed E-state index contributed by atoms with van der Waals surface area (Å²) in [5.74, 6) is 8.50. The van der Waals surface area contributed by atoms with Gasteiger partial charge in [-0.15, -0.1) is 0 Å². The van der Waals surface area contributed by atoms with Gasteiger partial charge in [-0.25, -0.2) is 0 Å². The van der Waals surface area contributed by atoms with Crippen LogP contribution in [0.25, 0.3) is 0 Å². The van der Waals surface area contributed by atoms with E-state index >= 15 is 0 Å². The van der Waals surface area contributed by atoms with Gasteiger partial charge >= 0.3 is 0 Å². The third-order valence-electron chi connectivity index (χ3n) is 6.18. The molecule has 0 aromatic rings. The van der Waals surface area contributed by atoms with Crippen LogP contribution in [0.5, 0.6) is 0 Å². The van der Waals surface area contributed by atoms with E-state index in [-0.39, 0.29) is 0 Å². The Balaban J connectivity index is 1.85. The van der Waals surface area contributed by atoms with Crippen molar-refractivity contribution < 1.29 is 0 Å². The van der Waals surface area contributed by atoms with Gasteiger partial charge in [0.1, 0.15) is 0 Å². The fraction of sp³-hybridized carbons (Fsp3) is 0.833. The lowest BCUT2D eigenvalue weighted by Gasteiger charge is -2.54. The topological polar surface area (TPSA) is 0 Å². The summed E-state index contributed by atoms with van der Waals surface area (Å²) in [5, 5.41) is 0. The normalized spacial score (nSPS) is 70.7. The van der Waals surface area contributed by atoms with Gasteiger partial charge in [-0.3, -0.25) is 0 Å². The first-order valence-electron chi connectivity index (χ1n) is 5.84. The molecule has 5 rings (SSSR count). The van der Waals surface area contributed by atoms with Crippen LogP contribution in [0.3, 0.4) is 0 Å². The van der Waals surface area contributed by atoms with Gasteiger partial charge in [0.05, 0.1) is 0 Å². The lowest BCUT2D eigenvalue weighted by atomic mass is 9.53. The second-order valence-corrected chi connectivity index (χ2v) is 7.74. The highest BCUT2D eigenvalue weighted by atomic mass is 79.9. The smallest absolute Gasteiger partial charge is 0.00917 e. The minimum absolute atomic E-state index is 0.930. The average Bonchev–Trinajstić information content (AvgIpc) is 2.60. The molecular formula is C12H12Br2. The second-order valence-electron chi connectivity index (χ2n) is 6.03. The fourth-order valence-electron chi connectivity index (χ4n) is 6.11. The molecule has 14 heavy (non-hydrogen) atoms. The van der Waals surface area contributed by atoms with E-state index < -0.39 is 0 Å². The Hall–Kier alpha value is 0.700. The standard InChI is InChI=1S/C12H12Br2/c13-11-8-4-2-5-7-3(4)1-6(8)9(7)10(5)12(11)14/h3-10H,1-2H2. The summed E-state index contributed by atoms with van der Waals surface area (Å²) in [7, 11) is 0. The van der Waals surface area contributed by atoms with E-state index in [1.165, 1.54) is 5.92 Å². The number of halogens is 2. The zero-order valence-corrected chi connectivity index (χ0v) is 11.0. The molecule has 0 radical (unpaired) electrons. The van der Waals surface area contributed by atoms with E-state index in [2.05, 4.69) is 31.9 Å². The summed E-state index contributed by atoms with van der Waals surface area (Å²) in [5.41, 5.74) is 0. The molecule has 0 aliphatic heterocycles. The third-order valence-corrected chi connectivity index (χ3v) is 8.62. The molecule has 0 spiro atoms. The molecule has 4 fully saturated rings. The van der Waals surface area contributed by atoms with Gasteiger partial charge < -0.3 is 0 Å². The van der Waals surface area contributed by atoms with Crippen LogP contribution in [0.2, 0.25) is 0 Å². The quantitative estimate of drug-likeness (QED) is 0.638. The molecule has 0 saturated heterocycles. The van der Waals surface area contributed by atoms with Crippen molar-refractivity contribution in [3.8, 4) is 0 Å². The molecule has 5 aliphatic carbocycles. The van der Waals surface area contributed by atoms with Crippen LogP contribution in [0.1, 0.15) is 12.8 Å². The summed E-state index contributed by atoms with van der Waals surface area (Å²) >= 11 is 7.73. The van der Waals surface area contributed by atoms with Gasteiger partial charge in [0.2, 0.25) is 0 Å². The highest BCUT2D eigenvalue weighted by Crippen LogP contribution is 2.82. The van der Waals surface area contributed by atoms with Crippen molar-refractivity contribution in [2.45, 2.75) is 12.8 Å². The lowest BCUT2D eigenvalue weighted by Crippen LogP contribution is -2.49. The third kappa shape index (κ3) is 0.541. The zero-order chi connectivity index (χ0) is 9.19. The number of allylic oxidation sites excluding steroid dienone is 2. The van der Waals surface area contributed by atoms with Crippen molar-refractivity contribution in [2.75, 3.05) is 0 Å². The summed E-state index contributed by atoms with van der Waals surface area (Å²) < 4.78 is 3.13. The minimum atomic E-state index is 0.930. The van der Waals surface area contributed by atoms with Gasteiger partial charge in [0.15, 0.2) is 0 Å². The molecular weight excluding hydrogens is 304 g/mol. The number of fused-ring (bicyclic) bond motifs is 2. The summed E-state index contributed by atoms with van der Waals surface area (Å²) in [6.45, 7) is 0. The second kappa shape index (κ2) is 2.07. The number of hydrogen-bond donors (Lipinski definition) is 0. The molecule has 0 N–H and O–H groups in total. The van der Waals surface area contributed by atoms with Crippen LogP contribution in [0, 0.1) is 47.3 Å². The van der Waals surface area contributed by atoms with Crippen molar-refractivity contribution in [3.05, 3.63) is 8.96 Å². The van der Waals surface area contributed by atoms with Crippen LogP contribution in [-0.2, 0) is 0 Å². The van der Waals surface area contributed by atoms with Crippen molar-refractivity contribution in [3.63, 3.8) is 0 Å². The Morgan fingerprint density at radius 3 is 2.21 bits per heavy atom. The van der Waals surface area contributed by atoms with E-state index in [1.54, 1.807) is 21.8 Å². The van der Waals surface area contributed by atoms with Gasteiger partial charge in [-0.2, -0.15) is 0 Å². The molecule has 2 bridgehead atoms. The minimum Gasteiger partial charge on any atom is -0.0544 e. The monoisotopic (exact) mass is 314 g/mol. The molecule has 4 saturated carbocycles. The van der Waals surface area contributed by atoms with E-state index in [0.29, 0.717) is 0 Å². The Morgan fingerprint density at radius 2 is 1.36 bits per heavy atom. The van der Waals surface area contributed by atoms with Gasteiger partial charge in [-0.05, 0) is 60.2 Å². The molecule has 8 atom stereocenters. The van der Waals surface area contributed by atoms with Crippen molar-refractivity contribution in [2.24, 2.45) is 47.3 Å². The van der Waals surface area contributed by atoms with E-state index in [1.807, 2.05) is 0 Å². The largest absolute Gasteiger partial charge is 0.0544 e. The Kier molecular flexibility index (Phi) is 1.16. The Bertz CT molecular complexity index is 382. The van der Waals surface area contributed by atoms with E-state index in [0.717, 1.165) is 41.4 Å². The molecule has 5 aliphatic rings. The number of hydrogen-bond acceptors (Lipinski definition) is 0. The highest BCUT2D eigenvalue weighted by molar-refractivity contribution is 9.14. The maximum absolute atomic E-state index is 3.87. The fourth-order valence-corrected chi connectivity index (χ4v) is 7.96. The average molecular weight is 316 g/mol. The van der Waals surface area contributed by atoms with E-state index in [9.17, 15) is 0 Å². The van der Waals surface area contributed by atoms with Gasteiger partial charge in [0, 0.05) is 8.96 Å². The lowest BCUT2D eigenvalue weighted by molar-refractivity contribution is -0.00769. The van der Waals surface area contributed by atoms with Crippen LogP contribution in [0.15, 0.2) is 8.96 Å². The molecule has 0 heterocycles. The maximum atomic E-state index is 3.87. The van der Waals surface area contributed by atoms with Crippen molar-refractivity contribution >= 4 is 31.9 Å². The Morgan fingerprint density at radius 1 is 0.714 bits per heavy atom. The molecule has 74 valence electrons. The first-order chi connectivity index (χ1) is 6.79. The van der Waals surface area contributed by atoms with Gasteiger partial charge in [-0.1, -0.05) is 31.9 Å². The molecule has 2 heteroatoms. The SMILES string of the molecule is BrC1=C(Br)C2C3CC4C5CC(C14)C2C53. The van der Waals surface area contributed by atoms with Crippen LogP contribution < -0.4 is 0 Å². The molecule has 8 unspecified atom stereocenters. The maximum Gasteiger partial charge on any atom is 0.00917 e. The number of rotatable bonds is 0.